The number of nitrogens with one attached hydrogen (secondary N) is 1. The summed E-state index contributed by atoms with van der Waals surface area (Å²) in [6.45, 7) is 1.00. The maximum absolute atomic E-state index is 5.95. The second-order valence-corrected chi connectivity index (χ2v) is 6.03. The lowest BCUT2D eigenvalue weighted by molar-refractivity contribution is 0.501. The molecule has 96 valence electrons. The molecule has 1 aliphatic carbocycles. The van der Waals surface area contributed by atoms with Crippen LogP contribution in [0.5, 0.6) is 0 Å². The Kier molecular flexibility index (Phi) is 2.98. The van der Waals surface area contributed by atoms with Gasteiger partial charge in [0.05, 0.1) is 5.82 Å². The van der Waals surface area contributed by atoms with Crippen molar-refractivity contribution in [3.05, 3.63) is 46.7 Å². The van der Waals surface area contributed by atoms with E-state index in [0.29, 0.717) is 11.3 Å². The van der Waals surface area contributed by atoms with Gasteiger partial charge < -0.3 is 11.1 Å². The Hall–Kier alpha value is -1.15. The standard InChI is InChI=1S/C15H19ClN2/c16-13-3-1-12(2-4-13)15(7-8-15)6-5-11-9-14(17)18-10-11/h1-4,9,11,18H,5-8,10,17H2/t11-/m0/s1. The lowest BCUT2D eigenvalue weighted by Gasteiger charge is -2.17. The van der Waals surface area contributed by atoms with Crippen molar-refractivity contribution in [2.45, 2.75) is 31.1 Å². The molecule has 3 rings (SSSR count). The van der Waals surface area contributed by atoms with E-state index in [1.807, 2.05) is 12.1 Å². The van der Waals surface area contributed by atoms with E-state index in [1.165, 1.54) is 31.2 Å². The summed E-state index contributed by atoms with van der Waals surface area (Å²) in [6.07, 6.45) is 7.26. The Morgan fingerprint density at radius 1 is 1.28 bits per heavy atom. The molecule has 1 aromatic rings. The van der Waals surface area contributed by atoms with Crippen molar-refractivity contribution in [3.8, 4) is 0 Å². The first kappa shape index (κ1) is 11.9. The molecule has 0 bridgehead atoms. The van der Waals surface area contributed by atoms with Gasteiger partial charge in [-0.3, -0.25) is 0 Å². The summed E-state index contributed by atoms with van der Waals surface area (Å²) < 4.78 is 0. The average molecular weight is 263 g/mol. The molecule has 1 atom stereocenters. The Morgan fingerprint density at radius 3 is 2.56 bits per heavy atom. The third-order valence-corrected chi connectivity index (χ3v) is 4.54. The predicted octanol–water partition coefficient (Wildman–Crippen LogP) is 3.17. The minimum absolute atomic E-state index is 0.426. The zero-order valence-corrected chi connectivity index (χ0v) is 11.2. The minimum Gasteiger partial charge on any atom is -0.386 e. The van der Waals surface area contributed by atoms with Crippen molar-refractivity contribution >= 4 is 11.6 Å². The second kappa shape index (κ2) is 4.51. The molecule has 3 N–H and O–H groups in total. The fourth-order valence-electron chi connectivity index (χ4n) is 2.91. The van der Waals surface area contributed by atoms with Gasteiger partial charge in [-0.2, -0.15) is 0 Å². The normalized spacial score (nSPS) is 24.5. The largest absolute Gasteiger partial charge is 0.386 e. The Labute approximate surface area is 113 Å². The van der Waals surface area contributed by atoms with E-state index in [0.717, 1.165) is 17.4 Å². The van der Waals surface area contributed by atoms with Gasteiger partial charge >= 0.3 is 0 Å². The first-order valence-corrected chi connectivity index (χ1v) is 7.03. The van der Waals surface area contributed by atoms with Crippen molar-refractivity contribution in [2.24, 2.45) is 11.7 Å². The number of halogens is 1. The summed E-state index contributed by atoms with van der Waals surface area (Å²) in [7, 11) is 0. The van der Waals surface area contributed by atoms with Crippen molar-refractivity contribution < 1.29 is 0 Å². The van der Waals surface area contributed by atoms with Gasteiger partial charge in [-0.05, 0) is 60.8 Å². The maximum atomic E-state index is 5.95. The van der Waals surface area contributed by atoms with E-state index in [2.05, 4.69) is 23.5 Å². The van der Waals surface area contributed by atoms with Crippen molar-refractivity contribution in [1.29, 1.82) is 0 Å². The highest BCUT2D eigenvalue weighted by Gasteiger charge is 2.43. The maximum Gasteiger partial charge on any atom is 0.0922 e. The molecular weight excluding hydrogens is 244 g/mol. The molecule has 2 aliphatic rings. The molecule has 0 radical (unpaired) electrons. The summed E-state index contributed by atoms with van der Waals surface area (Å²) >= 11 is 5.95. The number of rotatable bonds is 4. The summed E-state index contributed by atoms with van der Waals surface area (Å²) in [4.78, 5) is 0. The summed E-state index contributed by atoms with van der Waals surface area (Å²) in [5.74, 6) is 1.45. The van der Waals surface area contributed by atoms with E-state index in [9.17, 15) is 0 Å². The van der Waals surface area contributed by atoms with Crippen LogP contribution in [0.4, 0.5) is 0 Å². The lowest BCUT2D eigenvalue weighted by atomic mass is 9.88. The van der Waals surface area contributed by atoms with Crippen molar-refractivity contribution in [3.63, 3.8) is 0 Å². The van der Waals surface area contributed by atoms with Gasteiger partial charge in [0.15, 0.2) is 0 Å². The first-order valence-electron chi connectivity index (χ1n) is 6.65. The van der Waals surface area contributed by atoms with E-state index in [-0.39, 0.29) is 0 Å². The molecule has 1 aliphatic heterocycles. The Bertz CT molecular complexity index is 460. The van der Waals surface area contributed by atoms with Gasteiger partial charge in [0.1, 0.15) is 0 Å². The molecular formula is C15H19ClN2. The molecule has 18 heavy (non-hydrogen) atoms. The fraction of sp³-hybridized carbons (Fsp3) is 0.467. The number of hydrogen-bond acceptors (Lipinski definition) is 2. The Morgan fingerprint density at radius 2 is 2.00 bits per heavy atom. The van der Waals surface area contributed by atoms with Crippen molar-refractivity contribution in [1.82, 2.24) is 5.32 Å². The smallest absolute Gasteiger partial charge is 0.0922 e. The zero-order chi connectivity index (χ0) is 12.6. The van der Waals surface area contributed by atoms with Crippen molar-refractivity contribution in [2.75, 3.05) is 6.54 Å². The van der Waals surface area contributed by atoms with Gasteiger partial charge in [0, 0.05) is 11.6 Å². The molecule has 0 spiro atoms. The van der Waals surface area contributed by atoms with Gasteiger partial charge in [-0.1, -0.05) is 23.7 Å². The molecule has 2 nitrogen and oxygen atoms in total. The molecule has 0 aromatic heterocycles. The monoisotopic (exact) mass is 262 g/mol. The van der Waals surface area contributed by atoms with E-state index in [1.54, 1.807) is 0 Å². The average Bonchev–Trinajstić information content (AvgIpc) is 3.05. The molecule has 0 saturated heterocycles. The quantitative estimate of drug-likeness (QED) is 0.875. The van der Waals surface area contributed by atoms with Crippen LogP contribution in [0, 0.1) is 5.92 Å². The fourth-order valence-corrected chi connectivity index (χ4v) is 3.03. The first-order chi connectivity index (χ1) is 8.68. The third kappa shape index (κ3) is 2.35. The van der Waals surface area contributed by atoms with Crippen LogP contribution in [-0.2, 0) is 5.41 Å². The number of benzene rings is 1. The van der Waals surface area contributed by atoms with Gasteiger partial charge in [0.25, 0.3) is 0 Å². The zero-order valence-electron chi connectivity index (χ0n) is 10.5. The summed E-state index contributed by atoms with van der Waals surface area (Å²) in [5, 5.41) is 4.02. The van der Waals surface area contributed by atoms with Crippen LogP contribution in [0.2, 0.25) is 5.02 Å². The van der Waals surface area contributed by atoms with Crippen LogP contribution < -0.4 is 11.1 Å². The predicted molar refractivity (Wildman–Crippen MR) is 75.4 cm³/mol. The third-order valence-electron chi connectivity index (χ3n) is 4.29. The van der Waals surface area contributed by atoms with Crippen LogP contribution in [-0.4, -0.2) is 6.54 Å². The van der Waals surface area contributed by atoms with Gasteiger partial charge in [-0.25, -0.2) is 0 Å². The highest BCUT2D eigenvalue weighted by atomic mass is 35.5. The van der Waals surface area contributed by atoms with Crippen LogP contribution in [0.25, 0.3) is 0 Å². The minimum atomic E-state index is 0.426. The SMILES string of the molecule is NC1=C[C@H](CCC2(c3ccc(Cl)cc3)CC2)CN1. The topological polar surface area (TPSA) is 38.0 Å². The molecule has 1 fully saturated rings. The van der Waals surface area contributed by atoms with Crippen LogP contribution >= 0.6 is 11.6 Å². The van der Waals surface area contributed by atoms with Gasteiger partial charge in [-0.15, -0.1) is 0 Å². The Balaban J connectivity index is 1.63. The lowest BCUT2D eigenvalue weighted by Crippen LogP contribution is -2.17. The number of nitrogens with two attached hydrogens (primary N) is 1. The summed E-state index contributed by atoms with van der Waals surface area (Å²) in [5.41, 5.74) is 7.62. The molecule has 0 unspecified atom stereocenters. The molecule has 1 heterocycles. The van der Waals surface area contributed by atoms with Gasteiger partial charge in [0.2, 0.25) is 0 Å². The second-order valence-electron chi connectivity index (χ2n) is 5.59. The van der Waals surface area contributed by atoms with E-state index >= 15 is 0 Å². The van der Waals surface area contributed by atoms with Crippen LogP contribution in [0.1, 0.15) is 31.2 Å². The number of hydrogen-bond donors (Lipinski definition) is 2. The van der Waals surface area contributed by atoms with E-state index < -0.39 is 0 Å². The van der Waals surface area contributed by atoms with Crippen LogP contribution in [0.3, 0.4) is 0 Å². The highest BCUT2D eigenvalue weighted by Crippen LogP contribution is 2.52. The molecule has 3 heteroatoms. The molecule has 1 saturated carbocycles. The molecule has 1 aromatic carbocycles. The summed E-state index contributed by atoms with van der Waals surface area (Å²) in [6, 6.07) is 8.39. The molecule has 0 amide bonds. The highest BCUT2D eigenvalue weighted by molar-refractivity contribution is 6.30. The van der Waals surface area contributed by atoms with E-state index in [4.69, 9.17) is 17.3 Å². The van der Waals surface area contributed by atoms with Crippen LogP contribution in [0.15, 0.2) is 36.2 Å².